The first-order valence-corrected chi connectivity index (χ1v) is 6.95. The molecule has 0 saturated heterocycles. The molecule has 0 saturated carbocycles. The number of anilines is 1. The first-order chi connectivity index (χ1) is 9.60. The van der Waals surface area contributed by atoms with Crippen LogP contribution in [0.4, 0.5) is 5.69 Å². The number of rotatable bonds is 2. The number of ether oxygens (including phenoxy) is 1. The lowest BCUT2D eigenvalue weighted by molar-refractivity contribution is 0.415. The number of benzene rings is 2. The van der Waals surface area contributed by atoms with E-state index < -0.39 is 0 Å². The van der Waals surface area contributed by atoms with Gasteiger partial charge in [-0.3, -0.25) is 0 Å². The normalized spacial score (nSPS) is 10.9. The number of nitrogens with two attached hydrogens (primary N) is 1. The second-order valence-corrected chi connectivity index (χ2v) is 5.50. The summed E-state index contributed by atoms with van der Waals surface area (Å²) < 4.78 is 8.31. The predicted octanol–water partition coefficient (Wildman–Crippen LogP) is 3.59. The van der Waals surface area contributed by atoms with E-state index in [0.29, 0.717) is 5.69 Å². The molecule has 3 aromatic rings. The van der Waals surface area contributed by atoms with Crippen molar-refractivity contribution in [2.75, 3.05) is 12.8 Å². The fraction of sp³-hybridized carbons (Fsp3) is 0.133. The zero-order valence-electron chi connectivity index (χ0n) is 11.2. The van der Waals surface area contributed by atoms with Crippen LogP contribution in [0.5, 0.6) is 5.75 Å². The summed E-state index contributed by atoms with van der Waals surface area (Å²) in [4.78, 5) is 4.68. The maximum absolute atomic E-state index is 6.08. The molecule has 0 spiro atoms. The van der Waals surface area contributed by atoms with Crippen LogP contribution in [-0.4, -0.2) is 16.7 Å². The van der Waals surface area contributed by atoms with Gasteiger partial charge in [0.25, 0.3) is 0 Å². The molecule has 1 heterocycles. The van der Waals surface area contributed by atoms with Crippen molar-refractivity contribution in [3.8, 4) is 17.1 Å². The van der Waals surface area contributed by atoms with Crippen molar-refractivity contribution in [2.45, 2.75) is 0 Å². The van der Waals surface area contributed by atoms with Gasteiger partial charge in [-0.25, -0.2) is 4.98 Å². The average molecular weight is 332 g/mol. The van der Waals surface area contributed by atoms with Crippen LogP contribution in [0, 0.1) is 0 Å². The minimum atomic E-state index is 0.684. The lowest BCUT2D eigenvalue weighted by atomic mass is 10.1. The van der Waals surface area contributed by atoms with Gasteiger partial charge in [-0.2, -0.15) is 0 Å². The van der Waals surface area contributed by atoms with Gasteiger partial charge in [0.1, 0.15) is 11.6 Å². The van der Waals surface area contributed by atoms with Crippen molar-refractivity contribution in [1.29, 1.82) is 0 Å². The van der Waals surface area contributed by atoms with E-state index in [4.69, 9.17) is 10.5 Å². The molecule has 5 heteroatoms. The van der Waals surface area contributed by atoms with E-state index in [-0.39, 0.29) is 0 Å². The Kier molecular flexibility index (Phi) is 3.14. The van der Waals surface area contributed by atoms with E-state index in [1.807, 2.05) is 48.0 Å². The molecule has 0 aliphatic carbocycles. The number of fused-ring (bicyclic) bond motifs is 1. The molecule has 2 N–H and O–H groups in total. The smallest absolute Gasteiger partial charge is 0.143 e. The minimum Gasteiger partial charge on any atom is -0.497 e. The van der Waals surface area contributed by atoms with Crippen LogP contribution >= 0.6 is 15.9 Å². The standard InChI is InChI=1S/C15H14BrN3O/c1-19-14-6-3-9(16)7-13(14)18-15(19)11-8-10(20-2)4-5-12(11)17/h3-8H,17H2,1-2H3. The molecule has 3 rings (SSSR count). The Morgan fingerprint density at radius 3 is 2.75 bits per heavy atom. The maximum Gasteiger partial charge on any atom is 0.143 e. The highest BCUT2D eigenvalue weighted by Gasteiger charge is 2.13. The summed E-state index contributed by atoms with van der Waals surface area (Å²) in [6, 6.07) is 11.6. The van der Waals surface area contributed by atoms with Gasteiger partial charge >= 0.3 is 0 Å². The minimum absolute atomic E-state index is 0.684. The van der Waals surface area contributed by atoms with Crippen molar-refractivity contribution in [2.24, 2.45) is 7.05 Å². The van der Waals surface area contributed by atoms with Crippen molar-refractivity contribution in [3.63, 3.8) is 0 Å². The zero-order valence-corrected chi connectivity index (χ0v) is 12.8. The van der Waals surface area contributed by atoms with Crippen LogP contribution < -0.4 is 10.5 Å². The summed E-state index contributed by atoms with van der Waals surface area (Å²) >= 11 is 3.47. The van der Waals surface area contributed by atoms with E-state index in [1.165, 1.54) is 0 Å². The Labute approximate surface area is 125 Å². The average Bonchev–Trinajstić information content (AvgIpc) is 2.76. The first kappa shape index (κ1) is 13.0. The van der Waals surface area contributed by atoms with E-state index in [9.17, 15) is 0 Å². The molecule has 0 aliphatic rings. The molecule has 2 aromatic carbocycles. The van der Waals surface area contributed by atoms with Gasteiger partial charge in [0.2, 0.25) is 0 Å². The number of aryl methyl sites for hydroxylation is 1. The van der Waals surface area contributed by atoms with Crippen molar-refractivity contribution in [1.82, 2.24) is 9.55 Å². The summed E-state index contributed by atoms with van der Waals surface area (Å²) in [7, 11) is 3.62. The predicted molar refractivity (Wildman–Crippen MR) is 84.8 cm³/mol. The Morgan fingerprint density at radius 2 is 2.00 bits per heavy atom. The number of nitrogen functional groups attached to an aromatic ring is 1. The summed E-state index contributed by atoms with van der Waals surface area (Å²) in [5.74, 6) is 1.59. The molecular weight excluding hydrogens is 318 g/mol. The number of nitrogens with zero attached hydrogens (tertiary/aromatic N) is 2. The lowest BCUT2D eigenvalue weighted by Gasteiger charge is -2.08. The van der Waals surface area contributed by atoms with Crippen LogP contribution in [0.2, 0.25) is 0 Å². The van der Waals surface area contributed by atoms with Crippen LogP contribution in [0.25, 0.3) is 22.4 Å². The van der Waals surface area contributed by atoms with Gasteiger partial charge in [-0.15, -0.1) is 0 Å². The summed E-state index contributed by atoms with van der Waals surface area (Å²) in [6.45, 7) is 0. The fourth-order valence-corrected chi connectivity index (χ4v) is 2.62. The maximum atomic E-state index is 6.08. The van der Waals surface area contributed by atoms with E-state index in [1.54, 1.807) is 7.11 Å². The summed E-state index contributed by atoms with van der Waals surface area (Å²) in [5.41, 5.74) is 9.63. The van der Waals surface area contributed by atoms with Crippen LogP contribution in [0.15, 0.2) is 40.9 Å². The Balaban J connectivity index is 2.26. The second-order valence-electron chi connectivity index (χ2n) is 4.58. The number of aromatic nitrogens is 2. The molecular formula is C15H14BrN3O. The topological polar surface area (TPSA) is 53.1 Å². The molecule has 0 fully saturated rings. The molecule has 1 aromatic heterocycles. The molecule has 0 amide bonds. The van der Waals surface area contributed by atoms with E-state index in [2.05, 4.69) is 20.9 Å². The molecule has 20 heavy (non-hydrogen) atoms. The monoisotopic (exact) mass is 331 g/mol. The van der Waals surface area contributed by atoms with Gasteiger partial charge in [-0.05, 0) is 36.4 Å². The van der Waals surface area contributed by atoms with E-state index in [0.717, 1.165) is 32.6 Å². The Hall–Kier alpha value is -2.01. The number of imidazole rings is 1. The molecule has 4 nitrogen and oxygen atoms in total. The quantitative estimate of drug-likeness (QED) is 0.730. The molecule has 0 bridgehead atoms. The Bertz CT molecular complexity index is 795. The van der Waals surface area contributed by atoms with Gasteiger partial charge in [0.15, 0.2) is 0 Å². The number of halogens is 1. The molecule has 0 radical (unpaired) electrons. The van der Waals surface area contributed by atoms with Crippen molar-refractivity contribution in [3.05, 3.63) is 40.9 Å². The third-order valence-electron chi connectivity index (χ3n) is 3.34. The lowest BCUT2D eigenvalue weighted by Crippen LogP contribution is -1.97. The highest BCUT2D eigenvalue weighted by molar-refractivity contribution is 9.10. The fourth-order valence-electron chi connectivity index (χ4n) is 2.27. The van der Waals surface area contributed by atoms with Gasteiger partial charge in [0, 0.05) is 22.8 Å². The molecule has 0 aliphatic heterocycles. The highest BCUT2D eigenvalue weighted by Crippen LogP contribution is 2.31. The molecule has 0 unspecified atom stereocenters. The molecule has 102 valence electrons. The summed E-state index contributed by atoms with van der Waals surface area (Å²) in [5, 5.41) is 0. The van der Waals surface area contributed by atoms with Crippen molar-refractivity contribution >= 4 is 32.7 Å². The van der Waals surface area contributed by atoms with Crippen LogP contribution in [0.3, 0.4) is 0 Å². The highest BCUT2D eigenvalue weighted by atomic mass is 79.9. The molecule has 0 atom stereocenters. The van der Waals surface area contributed by atoms with Gasteiger partial charge in [0.05, 0.1) is 18.1 Å². The largest absolute Gasteiger partial charge is 0.497 e. The number of hydrogen-bond donors (Lipinski definition) is 1. The first-order valence-electron chi connectivity index (χ1n) is 6.16. The van der Waals surface area contributed by atoms with Crippen LogP contribution in [0.1, 0.15) is 0 Å². The second kappa shape index (κ2) is 4.83. The van der Waals surface area contributed by atoms with Crippen LogP contribution in [-0.2, 0) is 7.05 Å². The summed E-state index contributed by atoms with van der Waals surface area (Å²) in [6.07, 6.45) is 0. The van der Waals surface area contributed by atoms with Crippen molar-refractivity contribution < 1.29 is 4.74 Å². The third-order valence-corrected chi connectivity index (χ3v) is 3.84. The van der Waals surface area contributed by atoms with Gasteiger partial charge < -0.3 is 15.0 Å². The van der Waals surface area contributed by atoms with Gasteiger partial charge in [-0.1, -0.05) is 15.9 Å². The number of hydrogen-bond acceptors (Lipinski definition) is 3. The zero-order chi connectivity index (χ0) is 14.3. The third kappa shape index (κ3) is 2.04. The van der Waals surface area contributed by atoms with E-state index >= 15 is 0 Å². The SMILES string of the molecule is COc1ccc(N)c(-c2nc3cc(Br)ccc3n2C)c1. The number of methoxy groups -OCH3 is 1. The Morgan fingerprint density at radius 1 is 1.20 bits per heavy atom.